The Morgan fingerprint density at radius 3 is 2.59 bits per heavy atom. The zero-order valence-corrected chi connectivity index (χ0v) is 17.1. The van der Waals surface area contributed by atoms with E-state index >= 15 is 0 Å². The second kappa shape index (κ2) is 8.11. The van der Waals surface area contributed by atoms with Gasteiger partial charge in [0.25, 0.3) is 0 Å². The van der Waals surface area contributed by atoms with Gasteiger partial charge < -0.3 is 23.7 Å². The van der Waals surface area contributed by atoms with Crippen LogP contribution in [0.25, 0.3) is 6.08 Å². The molecular weight excluding hydrogens is 412 g/mol. The zero-order chi connectivity index (χ0) is 22.1. The number of fused-ring (bicyclic) bond motifs is 2. The van der Waals surface area contributed by atoms with Gasteiger partial charge in [-0.2, -0.15) is 0 Å². The summed E-state index contributed by atoms with van der Waals surface area (Å²) >= 11 is 0. The SMILES string of the molecule is COC(=O)c1ccc(COc2ccc3c(c2)OC(=Cc2ccc4c(c2)OCO4)C3=O)cc1. The third-order valence-corrected chi connectivity index (χ3v) is 5.12. The average molecular weight is 430 g/mol. The van der Waals surface area contributed by atoms with E-state index in [1.807, 2.05) is 6.07 Å². The van der Waals surface area contributed by atoms with E-state index in [0.717, 1.165) is 11.1 Å². The molecule has 2 heterocycles. The fourth-order valence-corrected chi connectivity index (χ4v) is 3.43. The second-order valence-corrected chi connectivity index (χ2v) is 7.19. The van der Waals surface area contributed by atoms with Gasteiger partial charge in [0, 0.05) is 6.07 Å². The Balaban J connectivity index is 1.28. The number of carbonyl (C=O) groups excluding carboxylic acids is 2. The summed E-state index contributed by atoms with van der Waals surface area (Å²) in [6.45, 7) is 0.489. The molecular formula is C25H18O7. The van der Waals surface area contributed by atoms with Crippen LogP contribution in [0.3, 0.4) is 0 Å². The molecule has 0 spiro atoms. The van der Waals surface area contributed by atoms with Gasteiger partial charge in [-0.3, -0.25) is 4.79 Å². The van der Waals surface area contributed by atoms with Crippen LogP contribution in [-0.4, -0.2) is 25.7 Å². The van der Waals surface area contributed by atoms with Gasteiger partial charge in [0.2, 0.25) is 12.6 Å². The highest BCUT2D eigenvalue weighted by molar-refractivity contribution is 6.14. The highest BCUT2D eigenvalue weighted by Crippen LogP contribution is 2.37. The maximum Gasteiger partial charge on any atom is 0.337 e. The predicted molar refractivity (Wildman–Crippen MR) is 114 cm³/mol. The van der Waals surface area contributed by atoms with Gasteiger partial charge in [-0.1, -0.05) is 18.2 Å². The fraction of sp³-hybridized carbons (Fsp3) is 0.120. The van der Waals surface area contributed by atoms with Crippen molar-refractivity contribution in [3.63, 3.8) is 0 Å². The molecule has 0 saturated heterocycles. The lowest BCUT2D eigenvalue weighted by Gasteiger charge is -2.08. The number of hydrogen-bond donors (Lipinski definition) is 0. The van der Waals surface area contributed by atoms with Crippen LogP contribution in [0.1, 0.15) is 31.8 Å². The minimum absolute atomic E-state index is 0.189. The summed E-state index contributed by atoms with van der Waals surface area (Å²) in [6, 6.07) is 17.5. The molecule has 0 amide bonds. The molecule has 0 fully saturated rings. The van der Waals surface area contributed by atoms with Crippen LogP contribution in [0.5, 0.6) is 23.0 Å². The number of rotatable bonds is 5. The standard InChI is InChI=1S/C25H18O7/c1-28-25(27)17-5-2-15(3-6-17)13-29-18-7-8-19-21(12-18)32-23(24(19)26)11-16-4-9-20-22(10-16)31-14-30-20/h2-12H,13-14H2,1H3. The molecule has 0 bridgehead atoms. The van der Waals surface area contributed by atoms with Gasteiger partial charge >= 0.3 is 5.97 Å². The van der Waals surface area contributed by atoms with Crippen LogP contribution in [0, 0.1) is 0 Å². The largest absolute Gasteiger partial charge is 0.489 e. The van der Waals surface area contributed by atoms with Crippen molar-refractivity contribution in [1.82, 2.24) is 0 Å². The topological polar surface area (TPSA) is 80.3 Å². The van der Waals surface area contributed by atoms with Gasteiger partial charge in [-0.15, -0.1) is 0 Å². The van der Waals surface area contributed by atoms with Crippen molar-refractivity contribution in [3.05, 3.63) is 88.7 Å². The van der Waals surface area contributed by atoms with E-state index in [0.29, 0.717) is 40.7 Å². The van der Waals surface area contributed by atoms with Gasteiger partial charge in [0.05, 0.1) is 18.2 Å². The summed E-state index contributed by atoms with van der Waals surface area (Å²) in [5, 5.41) is 0. The van der Waals surface area contributed by atoms with E-state index in [-0.39, 0.29) is 24.3 Å². The molecule has 32 heavy (non-hydrogen) atoms. The van der Waals surface area contributed by atoms with Crippen LogP contribution in [0.15, 0.2) is 66.4 Å². The summed E-state index contributed by atoms with van der Waals surface area (Å²) in [7, 11) is 1.34. The van der Waals surface area contributed by atoms with Crippen molar-refractivity contribution in [1.29, 1.82) is 0 Å². The number of ketones is 1. The lowest BCUT2D eigenvalue weighted by atomic mass is 10.1. The molecule has 160 valence electrons. The predicted octanol–water partition coefficient (Wildman–Crippen LogP) is 4.40. The van der Waals surface area contributed by atoms with Crippen LogP contribution in [0.2, 0.25) is 0 Å². The summed E-state index contributed by atoms with van der Waals surface area (Å²) in [5.41, 5.74) is 2.62. The number of methoxy groups -OCH3 is 1. The van der Waals surface area contributed by atoms with E-state index in [4.69, 9.17) is 23.7 Å². The number of ether oxygens (including phenoxy) is 5. The van der Waals surface area contributed by atoms with Crippen molar-refractivity contribution in [2.45, 2.75) is 6.61 Å². The van der Waals surface area contributed by atoms with Crippen molar-refractivity contribution < 1.29 is 33.3 Å². The Labute approximate surface area is 183 Å². The number of Topliss-reactive ketones (excluding diaryl/α,β-unsaturated/α-hetero) is 1. The average Bonchev–Trinajstić information content (AvgIpc) is 3.41. The molecule has 0 atom stereocenters. The van der Waals surface area contributed by atoms with E-state index in [9.17, 15) is 9.59 Å². The Morgan fingerprint density at radius 1 is 0.969 bits per heavy atom. The molecule has 0 radical (unpaired) electrons. The Bertz CT molecular complexity index is 1240. The van der Waals surface area contributed by atoms with E-state index in [1.165, 1.54) is 7.11 Å². The smallest absolute Gasteiger partial charge is 0.337 e. The second-order valence-electron chi connectivity index (χ2n) is 7.19. The number of benzene rings is 3. The molecule has 5 rings (SSSR count). The van der Waals surface area contributed by atoms with Crippen LogP contribution < -0.4 is 18.9 Å². The molecule has 7 nitrogen and oxygen atoms in total. The number of esters is 1. The third kappa shape index (κ3) is 3.76. The molecule has 0 aromatic heterocycles. The minimum Gasteiger partial charge on any atom is -0.489 e. The van der Waals surface area contributed by atoms with Gasteiger partial charge in [-0.25, -0.2) is 4.79 Å². The highest BCUT2D eigenvalue weighted by atomic mass is 16.7. The minimum atomic E-state index is -0.387. The first-order valence-electron chi connectivity index (χ1n) is 9.89. The summed E-state index contributed by atoms with van der Waals surface area (Å²) in [5.74, 6) is 1.98. The first-order valence-corrected chi connectivity index (χ1v) is 9.89. The van der Waals surface area contributed by atoms with Crippen molar-refractivity contribution >= 4 is 17.8 Å². The number of carbonyl (C=O) groups is 2. The molecule has 3 aromatic carbocycles. The van der Waals surface area contributed by atoms with Crippen LogP contribution >= 0.6 is 0 Å². The van der Waals surface area contributed by atoms with Crippen LogP contribution in [0.4, 0.5) is 0 Å². The monoisotopic (exact) mass is 430 g/mol. The van der Waals surface area contributed by atoms with Crippen molar-refractivity contribution in [3.8, 4) is 23.0 Å². The normalized spacial score (nSPS) is 14.8. The molecule has 0 unspecified atom stereocenters. The highest BCUT2D eigenvalue weighted by Gasteiger charge is 2.28. The number of allylic oxidation sites excluding steroid dienone is 1. The van der Waals surface area contributed by atoms with Gasteiger partial charge in [0.15, 0.2) is 17.3 Å². The lowest BCUT2D eigenvalue weighted by Crippen LogP contribution is -2.02. The molecule has 2 aliphatic rings. The molecule has 0 N–H and O–H groups in total. The van der Waals surface area contributed by atoms with E-state index in [1.54, 1.807) is 60.7 Å². The molecule has 0 saturated carbocycles. The zero-order valence-electron chi connectivity index (χ0n) is 17.1. The van der Waals surface area contributed by atoms with Gasteiger partial charge in [-0.05, 0) is 53.6 Å². The maximum atomic E-state index is 12.7. The van der Waals surface area contributed by atoms with E-state index in [2.05, 4.69) is 0 Å². The molecule has 0 aliphatic carbocycles. The first-order chi connectivity index (χ1) is 15.6. The van der Waals surface area contributed by atoms with Crippen molar-refractivity contribution in [2.24, 2.45) is 0 Å². The summed E-state index contributed by atoms with van der Waals surface area (Å²) in [6.07, 6.45) is 1.67. The Kier molecular flexibility index (Phi) is 4.99. The van der Waals surface area contributed by atoms with Crippen LogP contribution in [-0.2, 0) is 11.3 Å². The Hall–Kier alpha value is -4.26. The summed E-state index contributed by atoms with van der Waals surface area (Å²) < 4.78 is 27.0. The van der Waals surface area contributed by atoms with Crippen molar-refractivity contribution in [2.75, 3.05) is 13.9 Å². The molecule has 7 heteroatoms. The maximum absolute atomic E-state index is 12.7. The third-order valence-electron chi connectivity index (χ3n) is 5.12. The molecule has 2 aliphatic heterocycles. The first kappa shape index (κ1) is 19.7. The van der Waals surface area contributed by atoms with Gasteiger partial charge in [0.1, 0.15) is 18.1 Å². The Morgan fingerprint density at radius 2 is 1.78 bits per heavy atom. The van der Waals surface area contributed by atoms with E-state index < -0.39 is 0 Å². The molecule has 3 aromatic rings. The summed E-state index contributed by atoms with van der Waals surface area (Å²) in [4.78, 5) is 24.2. The fourth-order valence-electron chi connectivity index (χ4n) is 3.43. The quantitative estimate of drug-likeness (QED) is 0.438. The number of hydrogen-bond acceptors (Lipinski definition) is 7. The lowest BCUT2D eigenvalue weighted by molar-refractivity contribution is 0.0600.